The number of hydrogen-bond acceptors (Lipinski definition) is 5. The second-order valence-electron chi connectivity index (χ2n) is 7.47. The van der Waals surface area contributed by atoms with Crippen LogP contribution in [0.3, 0.4) is 0 Å². The lowest BCUT2D eigenvalue weighted by atomic mass is 9.91. The third-order valence-electron chi connectivity index (χ3n) is 5.44. The van der Waals surface area contributed by atoms with Crippen molar-refractivity contribution in [2.24, 2.45) is 0 Å². The molecule has 0 unspecified atom stereocenters. The van der Waals surface area contributed by atoms with E-state index in [2.05, 4.69) is 4.74 Å². The average Bonchev–Trinajstić information content (AvgIpc) is 2.83. The Morgan fingerprint density at radius 1 is 0.853 bits per heavy atom. The van der Waals surface area contributed by atoms with E-state index in [1.807, 2.05) is 19.1 Å². The zero-order valence-electron chi connectivity index (χ0n) is 18.7. The molecule has 0 fully saturated rings. The molecule has 6 nitrogen and oxygen atoms in total. The van der Waals surface area contributed by atoms with Gasteiger partial charge in [-0.2, -0.15) is 8.78 Å². The smallest absolute Gasteiger partial charge is 0.387 e. The number of alkyl halides is 2. The molecule has 1 aliphatic heterocycles. The summed E-state index contributed by atoms with van der Waals surface area (Å²) in [6.07, 6.45) is 1.57. The van der Waals surface area contributed by atoms with Crippen LogP contribution in [-0.4, -0.2) is 32.6 Å². The molecule has 4 rings (SSSR count). The zero-order chi connectivity index (χ0) is 24.4. The molecule has 0 bridgehead atoms. The number of para-hydroxylation sites is 1. The number of amides is 2. The standard InChI is InChI=1S/C26H21F2NO5/c1-15-8-4-7-11-20(15)29-24(30)18-10-6-5-9-17(18)19(25(29)31)12-16-13-21(32-2)23(34-26(27)28)22(14-16)33-3/h4-14,26H,1-3H3/b19-12+. The molecule has 1 aliphatic rings. The summed E-state index contributed by atoms with van der Waals surface area (Å²) in [6.45, 7) is -1.26. The first-order chi connectivity index (χ1) is 16.3. The molecule has 0 saturated carbocycles. The van der Waals surface area contributed by atoms with Gasteiger partial charge < -0.3 is 14.2 Å². The van der Waals surface area contributed by atoms with Crippen LogP contribution in [0.15, 0.2) is 60.7 Å². The Bertz CT molecular complexity index is 1280. The van der Waals surface area contributed by atoms with Crippen molar-refractivity contribution < 1.29 is 32.6 Å². The number of hydrogen-bond donors (Lipinski definition) is 0. The van der Waals surface area contributed by atoms with Gasteiger partial charge in [0.1, 0.15) is 0 Å². The van der Waals surface area contributed by atoms with Gasteiger partial charge in [-0.05, 0) is 54.0 Å². The first-order valence-corrected chi connectivity index (χ1v) is 10.3. The van der Waals surface area contributed by atoms with Crippen molar-refractivity contribution in [1.82, 2.24) is 0 Å². The van der Waals surface area contributed by atoms with Gasteiger partial charge in [-0.25, -0.2) is 4.90 Å². The molecule has 0 N–H and O–H groups in total. The molecule has 3 aromatic carbocycles. The van der Waals surface area contributed by atoms with E-state index >= 15 is 0 Å². The minimum absolute atomic E-state index is 0.00915. The second-order valence-corrected chi connectivity index (χ2v) is 7.47. The Labute approximate surface area is 195 Å². The van der Waals surface area contributed by atoms with Crippen LogP contribution in [0.4, 0.5) is 14.5 Å². The van der Waals surface area contributed by atoms with Crippen molar-refractivity contribution in [3.05, 3.63) is 82.9 Å². The number of anilines is 1. The predicted molar refractivity (Wildman–Crippen MR) is 123 cm³/mol. The van der Waals surface area contributed by atoms with Gasteiger partial charge in [0.15, 0.2) is 11.5 Å². The fourth-order valence-corrected chi connectivity index (χ4v) is 3.88. The lowest BCUT2D eigenvalue weighted by Crippen LogP contribution is -2.42. The van der Waals surface area contributed by atoms with E-state index in [0.29, 0.717) is 22.4 Å². The largest absolute Gasteiger partial charge is 0.493 e. The molecule has 2 amide bonds. The van der Waals surface area contributed by atoms with Gasteiger partial charge in [0.2, 0.25) is 5.75 Å². The highest BCUT2D eigenvalue weighted by Crippen LogP contribution is 2.41. The van der Waals surface area contributed by atoms with Crippen LogP contribution < -0.4 is 19.1 Å². The van der Waals surface area contributed by atoms with E-state index in [1.54, 1.807) is 42.5 Å². The quantitative estimate of drug-likeness (QED) is 0.363. The third kappa shape index (κ3) is 4.10. The van der Waals surface area contributed by atoms with E-state index in [1.165, 1.54) is 26.4 Å². The monoisotopic (exact) mass is 465 g/mol. The van der Waals surface area contributed by atoms with Crippen LogP contribution in [0.25, 0.3) is 11.6 Å². The zero-order valence-corrected chi connectivity index (χ0v) is 18.7. The predicted octanol–water partition coefficient (Wildman–Crippen LogP) is 5.34. The Morgan fingerprint density at radius 2 is 1.44 bits per heavy atom. The summed E-state index contributed by atoms with van der Waals surface area (Å²) >= 11 is 0. The Balaban J connectivity index is 1.90. The van der Waals surface area contributed by atoms with Crippen LogP contribution in [0, 0.1) is 6.92 Å². The van der Waals surface area contributed by atoms with Crippen molar-refractivity contribution in [3.8, 4) is 17.2 Å². The SMILES string of the molecule is COc1cc(/C=C2/C(=O)N(c3ccccc3C)C(=O)c3ccccc32)cc(OC)c1OC(F)F. The molecule has 0 spiro atoms. The highest BCUT2D eigenvalue weighted by Gasteiger charge is 2.36. The van der Waals surface area contributed by atoms with Crippen molar-refractivity contribution >= 4 is 29.2 Å². The molecule has 34 heavy (non-hydrogen) atoms. The number of methoxy groups -OCH3 is 2. The topological polar surface area (TPSA) is 65.1 Å². The maximum atomic E-state index is 13.6. The second kappa shape index (κ2) is 9.35. The molecule has 0 aromatic heterocycles. The minimum Gasteiger partial charge on any atom is -0.493 e. The number of imide groups is 1. The summed E-state index contributed by atoms with van der Waals surface area (Å²) in [5.41, 5.74) is 2.77. The van der Waals surface area contributed by atoms with E-state index in [0.717, 1.165) is 10.5 Å². The number of carbonyl (C=O) groups is 2. The van der Waals surface area contributed by atoms with E-state index in [-0.39, 0.29) is 22.8 Å². The maximum absolute atomic E-state index is 13.6. The number of ether oxygens (including phenoxy) is 3. The normalized spacial score (nSPS) is 14.4. The molecular weight excluding hydrogens is 444 g/mol. The van der Waals surface area contributed by atoms with Gasteiger partial charge >= 0.3 is 6.61 Å². The van der Waals surface area contributed by atoms with Crippen LogP contribution in [0.5, 0.6) is 17.2 Å². The van der Waals surface area contributed by atoms with E-state index < -0.39 is 18.4 Å². The first kappa shape index (κ1) is 23.0. The lowest BCUT2D eigenvalue weighted by Gasteiger charge is -2.29. The summed E-state index contributed by atoms with van der Waals surface area (Å²) in [5, 5.41) is 0. The molecular formula is C26H21F2NO5. The molecule has 1 heterocycles. The van der Waals surface area contributed by atoms with Crippen molar-refractivity contribution in [1.29, 1.82) is 0 Å². The molecule has 8 heteroatoms. The van der Waals surface area contributed by atoms with E-state index in [4.69, 9.17) is 9.47 Å². The number of carbonyl (C=O) groups excluding carboxylic acids is 2. The van der Waals surface area contributed by atoms with Crippen molar-refractivity contribution in [2.45, 2.75) is 13.5 Å². The third-order valence-corrected chi connectivity index (χ3v) is 5.44. The number of nitrogens with zero attached hydrogens (tertiary/aromatic N) is 1. The lowest BCUT2D eigenvalue weighted by molar-refractivity contribution is -0.112. The minimum atomic E-state index is -3.08. The van der Waals surface area contributed by atoms with Crippen LogP contribution in [0.2, 0.25) is 0 Å². The summed E-state index contributed by atoms with van der Waals surface area (Å²) in [4.78, 5) is 28.0. The molecule has 3 aromatic rings. The fraction of sp³-hybridized carbons (Fsp3) is 0.154. The Morgan fingerprint density at radius 3 is 2.03 bits per heavy atom. The number of aryl methyl sites for hydroxylation is 1. The fourth-order valence-electron chi connectivity index (χ4n) is 3.88. The van der Waals surface area contributed by atoms with Crippen molar-refractivity contribution in [2.75, 3.05) is 19.1 Å². The van der Waals surface area contributed by atoms with Gasteiger partial charge in [-0.1, -0.05) is 36.4 Å². The number of fused-ring (bicyclic) bond motifs is 1. The van der Waals surface area contributed by atoms with Gasteiger partial charge in [0, 0.05) is 11.1 Å². The molecule has 174 valence electrons. The Kier molecular flexibility index (Phi) is 6.32. The number of halogens is 2. The summed E-state index contributed by atoms with van der Waals surface area (Å²) in [7, 11) is 2.62. The summed E-state index contributed by atoms with van der Waals surface area (Å²) < 4.78 is 40.8. The highest BCUT2D eigenvalue weighted by molar-refractivity contribution is 6.43. The van der Waals surface area contributed by atoms with E-state index in [9.17, 15) is 18.4 Å². The molecule has 0 radical (unpaired) electrons. The molecule has 0 atom stereocenters. The number of rotatable bonds is 6. The average molecular weight is 465 g/mol. The maximum Gasteiger partial charge on any atom is 0.387 e. The van der Waals surface area contributed by atoms with Crippen LogP contribution in [0.1, 0.15) is 27.0 Å². The van der Waals surface area contributed by atoms with Crippen molar-refractivity contribution in [3.63, 3.8) is 0 Å². The highest BCUT2D eigenvalue weighted by atomic mass is 19.3. The van der Waals surface area contributed by atoms with Gasteiger partial charge in [-0.3, -0.25) is 9.59 Å². The molecule has 0 aliphatic carbocycles. The number of benzene rings is 3. The molecule has 0 saturated heterocycles. The van der Waals surface area contributed by atoms with Gasteiger partial charge in [0.25, 0.3) is 11.8 Å². The first-order valence-electron chi connectivity index (χ1n) is 10.3. The summed E-state index contributed by atoms with van der Waals surface area (Å²) in [6, 6.07) is 16.8. The van der Waals surface area contributed by atoms with Crippen LogP contribution >= 0.6 is 0 Å². The summed E-state index contributed by atoms with van der Waals surface area (Å²) in [5.74, 6) is -1.18. The van der Waals surface area contributed by atoms with Gasteiger partial charge in [-0.15, -0.1) is 0 Å². The van der Waals surface area contributed by atoms with Gasteiger partial charge in [0.05, 0.1) is 19.9 Å². The Hall–Kier alpha value is -4.20. The van der Waals surface area contributed by atoms with Crippen LogP contribution in [-0.2, 0) is 4.79 Å².